The Hall–Kier alpha value is -3.13. The fourth-order valence-corrected chi connectivity index (χ4v) is 4.44. The molecule has 1 aliphatic heterocycles. The Morgan fingerprint density at radius 3 is 2.56 bits per heavy atom. The predicted molar refractivity (Wildman–Crippen MR) is 128 cm³/mol. The number of para-hydroxylation sites is 1. The molecule has 0 spiro atoms. The van der Waals surface area contributed by atoms with E-state index in [-0.39, 0.29) is 5.91 Å². The van der Waals surface area contributed by atoms with Crippen molar-refractivity contribution in [1.82, 2.24) is 15.2 Å². The molecule has 2 aromatic carbocycles. The van der Waals surface area contributed by atoms with E-state index < -0.39 is 6.23 Å². The zero-order valence-corrected chi connectivity index (χ0v) is 19.6. The van der Waals surface area contributed by atoms with Crippen LogP contribution in [0, 0.1) is 0 Å². The van der Waals surface area contributed by atoms with E-state index in [0.717, 1.165) is 41.1 Å². The van der Waals surface area contributed by atoms with Crippen molar-refractivity contribution in [2.24, 2.45) is 0 Å². The van der Waals surface area contributed by atoms with E-state index >= 15 is 0 Å². The summed E-state index contributed by atoms with van der Waals surface area (Å²) < 4.78 is 6.41. The summed E-state index contributed by atoms with van der Waals surface area (Å²) in [6, 6.07) is 15.6. The van der Waals surface area contributed by atoms with Gasteiger partial charge in [0.25, 0.3) is 0 Å². The zero-order valence-electron chi connectivity index (χ0n) is 18.8. The summed E-state index contributed by atoms with van der Waals surface area (Å²) in [6.45, 7) is 3.70. The second kappa shape index (κ2) is 9.56. The van der Waals surface area contributed by atoms with Gasteiger partial charge in [0.2, 0.25) is 23.2 Å². The Balaban J connectivity index is 1.82. The number of carbonyl (C=O) groups excluding carboxylic acids is 1. The molecule has 0 N–H and O–H groups in total. The van der Waals surface area contributed by atoms with Crippen LogP contribution >= 0.6 is 11.8 Å². The van der Waals surface area contributed by atoms with E-state index in [4.69, 9.17) is 4.74 Å². The molecule has 1 aromatic heterocycles. The predicted octanol–water partition coefficient (Wildman–Crippen LogP) is 4.94. The van der Waals surface area contributed by atoms with Crippen molar-refractivity contribution in [1.29, 1.82) is 0 Å². The first-order valence-electron chi connectivity index (χ1n) is 10.7. The summed E-state index contributed by atoms with van der Waals surface area (Å²) in [4.78, 5) is 21.2. The van der Waals surface area contributed by atoms with Gasteiger partial charge < -0.3 is 9.64 Å². The molecule has 0 radical (unpaired) electrons. The van der Waals surface area contributed by atoms with Gasteiger partial charge in [-0.05, 0) is 24.6 Å². The number of hydrogen-bond donors (Lipinski definition) is 0. The molecule has 3 aromatic rings. The van der Waals surface area contributed by atoms with Gasteiger partial charge in [0, 0.05) is 43.6 Å². The lowest BCUT2D eigenvalue weighted by Gasteiger charge is -2.30. The fraction of sp³-hybridized carbons (Fsp3) is 0.333. The second-order valence-electron chi connectivity index (χ2n) is 7.81. The highest BCUT2D eigenvalue weighted by atomic mass is 32.2. The first-order valence-corrected chi connectivity index (χ1v) is 11.7. The third-order valence-corrected chi connectivity index (χ3v) is 6.20. The van der Waals surface area contributed by atoms with Crippen LogP contribution in [0.4, 0.5) is 11.4 Å². The molecule has 0 fully saturated rings. The molecule has 1 atom stereocenters. The van der Waals surface area contributed by atoms with Gasteiger partial charge in [-0.2, -0.15) is 4.98 Å². The Labute approximate surface area is 192 Å². The highest BCUT2D eigenvalue weighted by Crippen LogP contribution is 2.43. The van der Waals surface area contributed by atoms with Gasteiger partial charge >= 0.3 is 0 Å². The van der Waals surface area contributed by atoms with Crippen LogP contribution in [-0.2, 0) is 4.79 Å². The highest BCUT2D eigenvalue weighted by molar-refractivity contribution is 7.99. The van der Waals surface area contributed by atoms with Crippen LogP contribution in [0.2, 0.25) is 0 Å². The van der Waals surface area contributed by atoms with Crippen LogP contribution in [-0.4, -0.2) is 40.9 Å². The van der Waals surface area contributed by atoms with E-state index in [0.29, 0.717) is 16.7 Å². The molecule has 1 amide bonds. The summed E-state index contributed by atoms with van der Waals surface area (Å²) in [5.74, 6) is 1.18. The molecule has 166 valence electrons. The maximum absolute atomic E-state index is 12.8. The molecule has 7 nitrogen and oxygen atoms in total. The molecule has 0 aliphatic carbocycles. The Morgan fingerprint density at radius 2 is 1.88 bits per heavy atom. The van der Waals surface area contributed by atoms with E-state index in [1.165, 1.54) is 0 Å². The number of carbonyl (C=O) groups is 1. The summed E-state index contributed by atoms with van der Waals surface area (Å²) in [6.07, 6.45) is 1.51. The molecule has 2 heterocycles. The molecule has 0 bridgehead atoms. The van der Waals surface area contributed by atoms with E-state index in [2.05, 4.69) is 22.1 Å². The van der Waals surface area contributed by atoms with Gasteiger partial charge in [-0.3, -0.25) is 9.69 Å². The monoisotopic (exact) mass is 449 g/mol. The number of anilines is 2. The minimum absolute atomic E-state index is 0.127. The average molecular weight is 450 g/mol. The number of ether oxygens (including phenoxy) is 1. The smallest absolute Gasteiger partial charge is 0.247 e. The number of hydrogen-bond acceptors (Lipinski definition) is 7. The lowest BCUT2D eigenvalue weighted by Crippen LogP contribution is -2.36. The number of amides is 1. The van der Waals surface area contributed by atoms with E-state index in [9.17, 15) is 4.79 Å². The van der Waals surface area contributed by atoms with E-state index in [1.807, 2.05) is 67.5 Å². The van der Waals surface area contributed by atoms with E-state index in [1.54, 1.807) is 23.6 Å². The van der Waals surface area contributed by atoms with Crippen molar-refractivity contribution in [2.75, 3.05) is 29.6 Å². The van der Waals surface area contributed by atoms with Crippen molar-refractivity contribution in [3.05, 3.63) is 54.1 Å². The van der Waals surface area contributed by atoms with Crippen LogP contribution in [0.3, 0.4) is 0 Å². The third kappa shape index (κ3) is 4.41. The number of thioether (sulfide) groups is 1. The first kappa shape index (κ1) is 22.1. The number of aromatic nitrogens is 3. The SMILES string of the molecule is CCCCSc1nnc2c(n1)OC(c1ccc(N(C)C)cc1)N(C(C)=O)c1ccccc1-2. The largest absolute Gasteiger partial charge is 0.447 e. The van der Waals surface area contributed by atoms with Gasteiger partial charge in [-0.1, -0.05) is 55.4 Å². The van der Waals surface area contributed by atoms with Crippen LogP contribution in [0.15, 0.2) is 53.7 Å². The maximum Gasteiger partial charge on any atom is 0.247 e. The number of nitrogens with zero attached hydrogens (tertiary/aromatic N) is 5. The van der Waals surface area contributed by atoms with Crippen LogP contribution in [0.1, 0.15) is 38.5 Å². The topological polar surface area (TPSA) is 71.5 Å². The Kier molecular flexibility index (Phi) is 6.60. The normalized spacial score (nSPS) is 14.8. The maximum atomic E-state index is 12.8. The number of fused-ring (bicyclic) bond motifs is 3. The summed E-state index contributed by atoms with van der Waals surface area (Å²) in [5, 5.41) is 9.35. The molecule has 1 aliphatic rings. The van der Waals surface area contributed by atoms with Crippen molar-refractivity contribution in [3.8, 4) is 17.1 Å². The van der Waals surface area contributed by atoms with Gasteiger partial charge in [-0.25, -0.2) is 0 Å². The third-order valence-electron chi connectivity index (χ3n) is 5.27. The molecular formula is C24H27N5O2S. The highest BCUT2D eigenvalue weighted by Gasteiger charge is 2.34. The lowest BCUT2D eigenvalue weighted by atomic mass is 10.1. The van der Waals surface area contributed by atoms with Gasteiger partial charge in [-0.15, -0.1) is 10.2 Å². The number of rotatable bonds is 6. The van der Waals surface area contributed by atoms with Gasteiger partial charge in [0.15, 0.2) is 5.69 Å². The fourth-order valence-electron chi connectivity index (χ4n) is 3.58. The quantitative estimate of drug-likeness (QED) is 0.390. The molecule has 32 heavy (non-hydrogen) atoms. The molecule has 4 rings (SSSR count). The van der Waals surface area contributed by atoms with Gasteiger partial charge in [0.05, 0.1) is 5.69 Å². The average Bonchev–Trinajstić information content (AvgIpc) is 2.93. The second-order valence-corrected chi connectivity index (χ2v) is 8.87. The standard InChI is InChI=1S/C24H27N5O2S/c1-5-6-15-32-24-25-22-21(26-27-24)19-9-7-8-10-20(19)29(16(2)30)23(31-22)17-11-13-18(14-12-17)28(3)4/h7-14,23H,5-6,15H2,1-4H3. The van der Waals surface area contributed by atoms with Crippen LogP contribution in [0.5, 0.6) is 5.88 Å². The minimum atomic E-state index is -0.670. The van der Waals surface area contributed by atoms with Gasteiger partial charge in [0.1, 0.15) is 0 Å². The first-order chi connectivity index (χ1) is 15.5. The minimum Gasteiger partial charge on any atom is -0.447 e. The molecule has 0 saturated carbocycles. The molecular weight excluding hydrogens is 422 g/mol. The Morgan fingerprint density at radius 1 is 1.12 bits per heavy atom. The zero-order chi connectivity index (χ0) is 22.7. The lowest BCUT2D eigenvalue weighted by molar-refractivity contribution is -0.118. The molecule has 0 saturated heterocycles. The Bertz CT molecular complexity index is 1100. The van der Waals surface area contributed by atoms with Crippen LogP contribution in [0.25, 0.3) is 11.3 Å². The molecule has 1 unspecified atom stereocenters. The van der Waals surface area contributed by atoms with Crippen molar-refractivity contribution >= 4 is 29.0 Å². The van der Waals surface area contributed by atoms with Crippen molar-refractivity contribution < 1.29 is 9.53 Å². The number of benzene rings is 2. The summed E-state index contributed by atoms with van der Waals surface area (Å²) in [7, 11) is 3.98. The van der Waals surface area contributed by atoms with Crippen molar-refractivity contribution in [3.63, 3.8) is 0 Å². The number of unbranched alkanes of at least 4 members (excludes halogenated alkanes) is 1. The summed E-state index contributed by atoms with van der Waals surface area (Å²) >= 11 is 1.56. The van der Waals surface area contributed by atoms with Crippen LogP contribution < -0.4 is 14.5 Å². The van der Waals surface area contributed by atoms with Crippen molar-refractivity contribution in [2.45, 2.75) is 38.1 Å². The summed E-state index contributed by atoms with van der Waals surface area (Å²) in [5.41, 5.74) is 3.96. The molecule has 8 heteroatoms.